The molecule has 2 aromatic rings. The fraction of sp³-hybridized carbons (Fsp3) is 0.367. The monoisotopic (exact) mass is 644 g/mol. The second-order valence-electron chi connectivity index (χ2n) is 11.3. The van der Waals surface area contributed by atoms with Crippen molar-refractivity contribution in [1.82, 2.24) is 4.90 Å². The van der Waals surface area contributed by atoms with Crippen molar-refractivity contribution in [2.45, 2.75) is 28.5 Å². The number of halogens is 2. The average molecular weight is 645 g/mol. The van der Waals surface area contributed by atoms with Crippen molar-refractivity contribution >= 4 is 58.5 Å². The number of amides is 4. The molecular weight excluding hydrogens is 619 g/mol. The van der Waals surface area contributed by atoms with E-state index in [1.54, 1.807) is 6.08 Å². The fourth-order valence-corrected chi connectivity index (χ4v) is 8.31. The van der Waals surface area contributed by atoms with Gasteiger partial charge in [-0.1, -0.05) is 11.6 Å². The maximum absolute atomic E-state index is 14.1. The minimum absolute atomic E-state index is 0.00392. The summed E-state index contributed by atoms with van der Waals surface area (Å²) in [7, 11) is 3.92. The molecule has 6 atom stereocenters. The number of imide groups is 2. The van der Waals surface area contributed by atoms with Crippen molar-refractivity contribution in [3.05, 3.63) is 53.1 Å². The van der Waals surface area contributed by atoms with Crippen molar-refractivity contribution < 1.29 is 48.8 Å². The summed E-state index contributed by atoms with van der Waals surface area (Å²) in [4.78, 5) is 64.2. The van der Waals surface area contributed by atoms with Gasteiger partial charge in [0.05, 0.1) is 31.7 Å². The second-order valence-corrected chi connectivity index (χ2v) is 12.5. The van der Waals surface area contributed by atoms with E-state index < -0.39 is 74.3 Å². The SMILES string of the molecule is COc1cc([C@H]2C3=CC[C@@H]4C(=O)N(c5ccc(C(=O)O)c(O)c5)C(=O)[C@@H]4[C@@H]3C[C@@]3(Cl)C(=O)N(C)C(=O)[C@@]23Cl)cc(OC)c1O. The fourth-order valence-electron chi connectivity index (χ4n) is 7.29. The third-order valence-electron chi connectivity index (χ3n) is 9.32. The van der Waals surface area contributed by atoms with Gasteiger partial charge in [-0.05, 0) is 48.6 Å². The van der Waals surface area contributed by atoms with E-state index in [4.69, 9.17) is 32.7 Å². The number of ether oxygens (including phenoxy) is 2. The van der Waals surface area contributed by atoms with Crippen LogP contribution >= 0.6 is 23.2 Å². The summed E-state index contributed by atoms with van der Waals surface area (Å²) in [6.07, 6.45) is 1.58. The number of aromatic hydroxyl groups is 2. The molecule has 230 valence electrons. The number of fused-ring (bicyclic) bond motifs is 4. The molecule has 4 amide bonds. The molecule has 0 spiro atoms. The first-order valence-electron chi connectivity index (χ1n) is 13.5. The topological polar surface area (TPSA) is 171 Å². The Balaban J connectivity index is 1.51. The van der Waals surface area contributed by atoms with Crippen LogP contribution in [0.3, 0.4) is 0 Å². The van der Waals surface area contributed by atoms with Crippen LogP contribution in [0, 0.1) is 17.8 Å². The Morgan fingerprint density at radius 2 is 1.59 bits per heavy atom. The van der Waals surface area contributed by atoms with Crippen LogP contribution in [0.2, 0.25) is 0 Å². The molecule has 0 aromatic heterocycles. The number of carbonyl (C=O) groups excluding carboxylic acids is 4. The van der Waals surface area contributed by atoms with Gasteiger partial charge in [-0.3, -0.25) is 24.1 Å². The lowest BCUT2D eigenvalue weighted by atomic mass is 9.56. The number of aromatic carboxylic acids is 1. The molecule has 44 heavy (non-hydrogen) atoms. The van der Waals surface area contributed by atoms with E-state index in [0.717, 1.165) is 21.9 Å². The lowest BCUT2D eigenvalue weighted by Gasteiger charge is -2.50. The number of rotatable bonds is 5. The van der Waals surface area contributed by atoms with Crippen molar-refractivity contribution in [1.29, 1.82) is 0 Å². The number of carboxylic acid groups (broad SMARTS) is 1. The molecule has 6 rings (SSSR count). The standard InChI is InChI=1S/C30H26Cl2N2O10/c1-33-27(41)29(31)11-17-14(22(30(29,32)28(33)42)12-8-19(43-2)23(36)20(9-12)44-3)6-7-16-21(17)25(38)34(24(16)37)13-4-5-15(26(39)40)18(35)10-13/h4-6,8-10,16-17,21-22,35-36H,7,11H2,1-3H3,(H,39,40)/t16-,17+,21-,22-,29+,30-/m0/s1. The minimum atomic E-state index is -2.05. The van der Waals surface area contributed by atoms with E-state index in [0.29, 0.717) is 11.1 Å². The Morgan fingerprint density at radius 1 is 0.955 bits per heavy atom. The Labute approximate surface area is 260 Å². The largest absolute Gasteiger partial charge is 0.507 e. The third kappa shape index (κ3) is 3.67. The summed E-state index contributed by atoms with van der Waals surface area (Å²) in [6.45, 7) is 0. The lowest BCUT2D eigenvalue weighted by Crippen LogP contribution is -2.60. The summed E-state index contributed by atoms with van der Waals surface area (Å²) in [5.41, 5.74) is 0.416. The second kappa shape index (κ2) is 9.86. The van der Waals surface area contributed by atoms with Gasteiger partial charge in [-0.15, -0.1) is 23.2 Å². The summed E-state index contributed by atoms with van der Waals surface area (Å²) in [5, 5.41) is 30.1. The van der Waals surface area contributed by atoms with Crippen LogP contribution in [0.25, 0.3) is 0 Å². The number of benzene rings is 2. The highest BCUT2D eigenvalue weighted by atomic mass is 35.5. The number of hydrogen-bond acceptors (Lipinski definition) is 9. The summed E-state index contributed by atoms with van der Waals surface area (Å²) < 4.78 is 10.7. The van der Waals surface area contributed by atoms with Crippen LogP contribution in [0.5, 0.6) is 23.0 Å². The summed E-state index contributed by atoms with van der Waals surface area (Å²) in [5.74, 6) is -8.84. The third-order valence-corrected chi connectivity index (χ3v) is 10.7. The van der Waals surface area contributed by atoms with E-state index >= 15 is 0 Å². The number of methoxy groups -OCH3 is 2. The highest BCUT2D eigenvalue weighted by Crippen LogP contribution is 2.66. The number of hydrogen-bond donors (Lipinski definition) is 3. The Morgan fingerprint density at radius 3 is 2.16 bits per heavy atom. The van der Waals surface area contributed by atoms with Gasteiger partial charge in [0, 0.05) is 19.0 Å². The van der Waals surface area contributed by atoms with Gasteiger partial charge in [-0.25, -0.2) is 9.69 Å². The minimum Gasteiger partial charge on any atom is -0.507 e. The molecule has 0 radical (unpaired) electrons. The van der Waals surface area contributed by atoms with Gasteiger partial charge in [0.2, 0.25) is 17.6 Å². The van der Waals surface area contributed by atoms with Gasteiger partial charge in [0.25, 0.3) is 11.8 Å². The van der Waals surface area contributed by atoms with Crippen molar-refractivity contribution in [2.75, 3.05) is 26.2 Å². The average Bonchev–Trinajstić information content (AvgIpc) is 3.32. The van der Waals surface area contributed by atoms with E-state index in [-0.39, 0.29) is 35.8 Å². The Bertz CT molecular complexity index is 1700. The quantitative estimate of drug-likeness (QED) is 0.250. The van der Waals surface area contributed by atoms with Gasteiger partial charge < -0.3 is 24.8 Å². The molecular formula is C30H26Cl2N2O10. The first kappa shape index (κ1) is 29.8. The highest BCUT2D eigenvalue weighted by Gasteiger charge is 2.76. The first-order valence-corrected chi connectivity index (χ1v) is 14.3. The molecule has 2 saturated heterocycles. The smallest absolute Gasteiger partial charge is 0.339 e. The van der Waals surface area contributed by atoms with Gasteiger partial charge in [-0.2, -0.15) is 0 Å². The molecule has 3 N–H and O–H groups in total. The van der Waals surface area contributed by atoms with Gasteiger partial charge >= 0.3 is 5.97 Å². The number of carboxylic acids is 1. The van der Waals surface area contributed by atoms with Crippen molar-refractivity contribution in [3.8, 4) is 23.0 Å². The molecule has 3 fully saturated rings. The zero-order valence-corrected chi connectivity index (χ0v) is 25.0. The number of phenols is 2. The zero-order valence-electron chi connectivity index (χ0n) is 23.5. The number of nitrogens with zero attached hydrogens (tertiary/aromatic N) is 2. The highest BCUT2D eigenvalue weighted by molar-refractivity contribution is 6.53. The molecule has 2 heterocycles. The number of carbonyl (C=O) groups is 5. The predicted octanol–water partition coefficient (Wildman–Crippen LogP) is 3.01. The molecule has 4 aliphatic rings. The molecule has 1 saturated carbocycles. The maximum atomic E-state index is 14.1. The van der Waals surface area contributed by atoms with E-state index in [1.165, 1.54) is 39.5 Å². The first-order chi connectivity index (χ1) is 20.7. The zero-order chi connectivity index (χ0) is 32.0. The number of anilines is 1. The van der Waals surface area contributed by atoms with Crippen LogP contribution in [-0.4, -0.2) is 80.8 Å². The molecule has 2 aliphatic carbocycles. The van der Waals surface area contributed by atoms with Crippen molar-refractivity contribution in [2.24, 2.45) is 17.8 Å². The molecule has 2 aromatic carbocycles. The molecule has 2 aliphatic heterocycles. The number of allylic oxidation sites excluding steroid dienone is 2. The number of likely N-dealkylation sites (tertiary alicyclic amines) is 1. The summed E-state index contributed by atoms with van der Waals surface area (Å²) in [6, 6.07) is 6.29. The Kier molecular flexibility index (Phi) is 6.67. The predicted molar refractivity (Wildman–Crippen MR) is 154 cm³/mol. The molecule has 14 heteroatoms. The van der Waals surface area contributed by atoms with Crippen molar-refractivity contribution in [3.63, 3.8) is 0 Å². The van der Waals surface area contributed by atoms with E-state index in [9.17, 15) is 39.3 Å². The van der Waals surface area contributed by atoms with Gasteiger partial charge in [0.15, 0.2) is 21.2 Å². The Hall–Kier alpha value is -4.29. The number of phenolic OH excluding ortho intramolecular Hbond substituents is 1. The van der Waals surface area contributed by atoms with Gasteiger partial charge in [0.1, 0.15) is 11.3 Å². The molecule has 0 bridgehead atoms. The molecule has 12 nitrogen and oxygen atoms in total. The van der Waals surface area contributed by atoms with Crippen LogP contribution in [0.1, 0.15) is 34.7 Å². The van der Waals surface area contributed by atoms with Crippen LogP contribution in [0.4, 0.5) is 5.69 Å². The number of alkyl halides is 2. The van der Waals surface area contributed by atoms with Crippen LogP contribution in [0.15, 0.2) is 42.0 Å². The summed E-state index contributed by atoms with van der Waals surface area (Å²) >= 11 is 14.3. The van der Waals surface area contributed by atoms with Crippen LogP contribution in [-0.2, 0) is 19.2 Å². The van der Waals surface area contributed by atoms with E-state index in [1.807, 2.05) is 0 Å². The van der Waals surface area contributed by atoms with Crippen LogP contribution < -0.4 is 14.4 Å². The van der Waals surface area contributed by atoms with E-state index in [2.05, 4.69) is 0 Å². The molecule has 0 unspecified atom stereocenters. The maximum Gasteiger partial charge on any atom is 0.339 e. The lowest BCUT2D eigenvalue weighted by molar-refractivity contribution is -0.138. The normalized spacial score (nSPS) is 31.0.